The van der Waals surface area contributed by atoms with Gasteiger partial charge in [-0.05, 0) is 19.9 Å². The highest BCUT2D eigenvalue weighted by atomic mass is 16.5. The minimum absolute atomic E-state index is 0.156. The van der Waals surface area contributed by atoms with E-state index in [4.69, 9.17) is 4.74 Å². The molecule has 0 aromatic rings. The number of ketones is 1. The van der Waals surface area contributed by atoms with Crippen LogP contribution in [0.4, 0.5) is 0 Å². The molecule has 1 aliphatic carbocycles. The molecule has 2 aliphatic rings. The molecule has 2 unspecified atom stereocenters. The molecule has 1 heterocycles. The van der Waals surface area contributed by atoms with E-state index >= 15 is 0 Å². The van der Waals surface area contributed by atoms with E-state index in [0.29, 0.717) is 0 Å². The smallest absolute Gasteiger partial charge is 0.247 e. The zero-order chi connectivity index (χ0) is 12.0. The molecule has 2 N–H and O–H groups in total. The van der Waals surface area contributed by atoms with Crippen LogP contribution in [0.5, 0.6) is 0 Å². The molecule has 0 saturated carbocycles. The molecule has 4 nitrogen and oxygen atoms in total. The van der Waals surface area contributed by atoms with Crippen LogP contribution < -0.4 is 0 Å². The Bertz CT molecular complexity index is 432. The first-order valence-corrected chi connectivity index (χ1v) is 5.11. The summed E-state index contributed by atoms with van der Waals surface area (Å²) in [6, 6.07) is 0. The number of hydrogen-bond acceptors (Lipinski definition) is 4. The number of aliphatic hydroxyl groups is 2. The maximum Gasteiger partial charge on any atom is 0.247 e. The van der Waals surface area contributed by atoms with Gasteiger partial charge in [0.25, 0.3) is 0 Å². The van der Waals surface area contributed by atoms with E-state index in [0.717, 1.165) is 0 Å². The second kappa shape index (κ2) is 3.22. The summed E-state index contributed by atoms with van der Waals surface area (Å²) in [6.07, 6.45) is 7.02. The highest BCUT2D eigenvalue weighted by Gasteiger charge is 2.57. The number of rotatable bonds is 1. The predicted molar refractivity (Wildman–Crippen MR) is 57.7 cm³/mol. The van der Waals surface area contributed by atoms with Crippen LogP contribution in [-0.4, -0.2) is 27.2 Å². The summed E-state index contributed by atoms with van der Waals surface area (Å²) in [7, 11) is 0. The van der Waals surface area contributed by atoms with Gasteiger partial charge in [-0.15, -0.1) is 0 Å². The molecule has 0 saturated heterocycles. The highest BCUT2D eigenvalue weighted by Crippen LogP contribution is 2.41. The lowest BCUT2D eigenvalue weighted by Gasteiger charge is -2.38. The topological polar surface area (TPSA) is 66.8 Å². The van der Waals surface area contributed by atoms with E-state index in [-0.39, 0.29) is 12.2 Å². The molecule has 0 aromatic carbocycles. The van der Waals surface area contributed by atoms with Crippen molar-refractivity contribution in [2.75, 3.05) is 0 Å². The van der Waals surface area contributed by atoms with Crippen molar-refractivity contribution >= 4 is 5.78 Å². The minimum Gasteiger partial charge on any atom is -0.502 e. The van der Waals surface area contributed by atoms with Crippen LogP contribution >= 0.6 is 0 Å². The van der Waals surface area contributed by atoms with Crippen LogP contribution in [-0.2, 0) is 9.53 Å². The third-order valence-corrected chi connectivity index (χ3v) is 3.21. The van der Waals surface area contributed by atoms with Gasteiger partial charge in [0, 0.05) is 6.42 Å². The molecule has 16 heavy (non-hydrogen) atoms. The molecule has 0 bridgehead atoms. The van der Waals surface area contributed by atoms with Gasteiger partial charge < -0.3 is 14.9 Å². The molecule has 4 heteroatoms. The zero-order valence-corrected chi connectivity index (χ0v) is 9.23. The SMILES string of the molecule is CC1=C(O)C(=O)C(C)(C2(O)C=CC=CC2)O1. The Hall–Kier alpha value is -1.55. The van der Waals surface area contributed by atoms with Crippen molar-refractivity contribution < 1.29 is 19.7 Å². The van der Waals surface area contributed by atoms with E-state index in [1.165, 1.54) is 19.9 Å². The Balaban J connectivity index is 2.39. The molecule has 0 aromatic heterocycles. The summed E-state index contributed by atoms with van der Waals surface area (Å²) in [4.78, 5) is 11.9. The lowest BCUT2D eigenvalue weighted by atomic mass is 9.77. The monoisotopic (exact) mass is 222 g/mol. The third kappa shape index (κ3) is 1.23. The van der Waals surface area contributed by atoms with Gasteiger partial charge in [0.2, 0.25) is 17.1 Å². The number of aliphatic hydroxyl groups excluding tert-OH is 1. The molecule has 1 aliphatic heterocycles. The maximum atomic E-state index is 11.9. The molecule has 2 rings (SSSR count). The first kappa shape index (κ1) is 11.0. The predicted octanol–water partition coefficient (Wildman–Crippen LogP) is 1.38. The Morgan fingerprint density at radius 2 is 2.12 bits per heavy atom. The van der Waals surface area contributed by atoms with Crippen LogP contribution in [0.25, 0.3) is 0 Å². The van der Waals surface area contributed by atoms with Gasteiger partial charge >= 0.3 is 0 Å². The lowest BCUT2D eigenvalue weighted by molar-refractivity contribution is -0.153. The average molecular weight is 222 g/mol. The van der Waals surface area contributed by atoms with Gasteiger partial charge in [0.1, 0.15) is 11.4 Å². The number of Topliss-reactive ketones (excluding diaryl/α,β-unsaturated/α-hetero) is 1. The van der Waals surface area contributed by atoms with Gasteiger partial charge in [-0.3, -0.25) is 4.79 Å². The van der Waals surface area contributed by atoms with Gasteiger partial charge in [-0.2, -0.15) is 0 Å². The Morgan fingerprint density at radius 1 is 1.44 bits per heavy atom. The van der Waals surface area contributed by atoms with E-state index in [2.05, 4.69) is 0 Å². The Morgan fingerprint density at radius 3 is 2.56 bits per heavy atom. The van der Waals surface area contributed by atoms with Crippen molar-refractivity contribution in [1.82, 2.24) is 0 Å². The minimum atomic E-state index is -1.44. The fraction of sp³-hybridized carbons (Fsp3) is 0.417. The summed E-state index contributed by atoms with van der Waals surface area (Å²) in [5.74, 6) is -0.824. The Kier molecular flexibility index (Phi) is 2.20. The molecular formula is C12H14O4. The fourth-order valence-corrected chi connectivity index (χ4v) is 2.03. The second-order valence-electron chi connectivity index (χ2n) is 4.28. The normalized spacial score (nSPS) is 38.1. The number of hydrogen-bond donors (Lipinski definition) is 2. The molecular weight excluding hydrogens is 208 g/mol. The van der Waals surface area contributed by atoms with Crippen molar-refractivity contribution in [2.24, 2.45) is 0 Å². The van der Waals surface area contributed by atoms with Gasteiger partial charge in [0.05, 0.1) is 0 Å². The van der Waals surface area contributed by atoms with Crippen molar-refractivity contribution in [3.8, 4) is 0 Å². The third-order valence-electron chi connectivity index (χ3n) is 3.21. The van der Waals surface area contributed by atoms with Crippen molar-refractivity contribution in [2.45, 2.75) is 31.5 Å². The summed E-state index contributed by atoms with van der Waals surface area (Å²) >= 11 is 0. The van der Waals surface area contributed by atoms with E-state index in [1.807, 2.05) is 0 Å². The van der Waals surface area contributed by atoms with Crippen LogP contribution in [0.1, 0.15) is 20.3 Å². The number of ether oxygens (including phenoxy) is 1. The summed E-state index contributed by atoms with van der Waals surface area (Å²) in [5.41, 5.74) is -2.85. The molecule has 0 amide bonds. The average Bonchev–Trinajstić information content (AvgIpc) is 2.45. The van der Waals surface area contributed by atoms with Crippen LogP contribution in [0, 0.1) is 0 Å². The Labute approximate surface area is 93.5 Å². The van der Waals surface area contributed by atoms with E-state index in [1.54, 1.807) is 18.2 Å². The first-order valence-electron chi connectivity index (χ1n) is 5.11. The van der Waals surface area contributed by atoms with Crippen LogP contribution in [0.3, 0.4) is 0 Å². The number of allylic oxidation sites excluding steroid dienone is 3. The zero-order valence-electron chi connectivity index (χ0n) is 9.23. The van der Waals surface area contributed by atoms with Crippen LogP contribution in [0.2, 0.25) is 0 Å². The molecule has 0 radical (unpaired) electrons. The van der Waals surface area contributed by atoms with E-state index < -0.39 is 22.7 Å². The lowest BCUT2D eigenvalue weighted by Crippen LogP contribution is -2.56. The van der Waals surface area contributed by atoms with Crippen molar-refractivity contribution in [3.63, 3.8) is 0 Å². The van der Waals surface area contributed by atoms with E-state index in [9.17, 15) is 15.0 Å². The van der Waals surface area contributed by atoms with Gasteiger partial charge in [0.15, 0.2) is 0 Å². The van der Waals surface area contributed by atoms with Crippen molar-refractivity contribution in [3.05, 3.63) is 35.8 Å². The molecule has 0 spiro atoms. The molecule has 0 fully saturated rings. The quantitative estimate of drug-likeness (QED) is 0.703. The van der Waals surface area contributed by atoms with Gasteiger partial charge in [-0.25, -0.2) is 0 Å². The maximum absolute atomic E-state index is 11.9. The number of carbonyl (C=O) groups is 1. The fourth-order valence-electron chi connectivity index (χ4n) is 2.03. The summed E-state index contributed by atoms with van der Waals surface area (Å²) in [6.45, 7) is 3.00. The van der Waals surface area contributed by atoms with Gasteiger partial charge in [-0.1, -0.05) is 18.2 Å². The highest BCUT2D eigenvalue weighted by molar-refractivity contribution is 6.03. The molecule has 86 valence electrons. The first-order chi connectivity index (χ1) is 7.41. The number of carbonyl (C=O) groups excluding carboxylic acids is 1. The summed E-state index contributed by atoms with van der Waals surface area (Å²) < 4.78 is 5.36. The van der Waals surface area contributed by atoms with Crippen LogP contribution in [0.15, 0.2) is 35.8 Å². The second-order valence-corrected chi connectivity index (χ2v) is 4.28. The van der Waals surface area contributed by atoms with Crippen molar-refractivity contribution in [1.29, 1.82) is 0 Å². The standard InChI is InChI=1S/C12H14O4/c1-8-9(13)10(14)11(2,16-8)12(15)6-4-3-5-7-12/h3-6,13,15H,7H2,1-2H3. The molecule has 2 atom stereocenters. The summed E-state index contributed by atoms with van der Waals surface area (Å²) in [5, 5.41) is 19.9. The largest absolute Gasteiger partial charge is 0.502 e.